The number of phenolic OH excluding ortho intramolecular Hbond substituents is 1. The van der Waals surface area contributed by atoms with Crippen molar-refractivity contribution in [3.63, 3.8) is 0 Å². The van der Waals surface area contributed by atoms with Crippen LogP contribution in [0.25, 0.3) is 0 Å². The predicted molar refractivity (Wildman–Crippen MR) is 85.8 cm³/mol. The van der Waals surface area contributed by atoms with Crippen LogP contribution in [0.5, 0.6) is 5.75 Å². The number of pyridine rings is 1. The molecular formula is C18H18F2N2O3. The van der Waals surface area contributed by atoms with Gasteiger partial charge in [-0.3, -0.25) is 9.78 Å². The van der Waals surface area contributed by atoms with E-state index in [4.69, 9.17) is 0 Å². The van der Waals surface area contributed by atoms with Gasteiger partial charge in [0.25, 0.3) is 5.91 Å². The maximum atomic E-state index is 13.5. The Kier molecular flexibility index (Phi) is 4.67. The first kappa shape index (κ1) is 17.3. The summed E-state index contributed by atoms with van der Waals surface area (Å²) in [5.41, 5.74) is -0.296. The molecule has 1 saturated carbocycles. The summed E-state index contributed by atoms with van der Waals surface area (Å²) < 4.78 is 26.9. The summed E-state index contributed by atoms with van der Waals surface area (Å²) in [4.78, 5) is 16.5. The molecule has 0 bridgehead atoms. The van der Waals surface area contributed by atoms with Gasteiger partial charge in [0.15, 0.2) is 11.6 Å². The molecule has 25 heavy (non-hydrogen) atoms. The summed E-state index contributed by atoms with van der Waals surface area (Å²) in [7, 11) is 0. The second kappa shape index (κ2) is 6.76. The zero-order chi connectivity index (χ0) is 18.0. The molecule has 1 aromatic carbocycles. The monoisotopic (exact) mass is 348 g/mol. The number of nitrogens with one attached hydrogen (secondary N) is 1. The Balaban J connectivity index is 1.95. The number of aromatic hydroxyl groups is 1. The normalized spacial score (nSPS) is 16.8. The number of nitrogens with zero attached hydrogens (tertiary/aromatic N) is 1. The van der Waals surface area contributed by atoms with E-state index in [2.05, 4.69) is 10.3 Å². The summed E-state index contributed by atoms with van der Waals surface area (Å²) in [6.07, 6.45) is 5.47. The molecule has 3 rings (SSSR count). The number of hydrogen-bond donors (Lipinski definition) is 3. The molecule has 3 N–H and O–H groups in total. The fourth-order valence-electron chi connectivity index (χ4n) is 3.26. The quantitative estimate of drug-likeness (QED) is 0.776. The van der Waals surface area contributed by atoms with Crippen LogP contribution >= 0.6 is 0 Å². The van der Waals surface area contributed by atoms with E-state index >= 15 is 0 Å². The first-order valence-corrected chi connectivity index (χ1v) is 7.96. The Morgan fingerprint density at radius 1 is 1.28 bits per heavy atom. The van der Waals surface area contributed by atoms with E-state index < -0.39 is 40.3 Å². The number of benzene rings is 1. The average molecular weight is 348 g/mol. The number of rotatable bonds is 5. The van der Waals surface area contributed by atoms with E-state index in [0.29, 0.717) is 18.9 Å². The number of carbonyl (C=O) groups excluding carboxylic acids is 1. The van der Waals surface area contributed by atoms with Crippen molar-refractivity contribution in [2.75, 3.05) is 6.61 Å². The van der Waals surface area contributed by atoms with Gasteiger partial charge >= 0.3 is 0 Å². The number of aromatic nitrogens is 1. The SMILES string of the molecule is O=C(NC(c1ccncc1)C1(CO)CCC1)c1cc(F)cc(F)c1O. The molecule has 0 saturated heterocycles. The van der Waals surface area contributed by atoms with Gasteiger partial charge in [-0.05, 0) is 36.6 Å². The standard InChI is InChI=1S/C18H18F2N2O3/c19-12-8-13(15(24)14(20)9-12)17(25)22-16(11-2-6-21-7-3-11)18(10-23)4-1-5-18/h2-3,6-9,16,23-24H,1,4-5,10H2,(H,22,25). The minimum absolute atomic E-state index is 0.135. The third-order valence-corrected chi connectivity index (χ3v) is 4.86. The zero-order valence-corrected chi connectivity index (χ0v) is 13.4. The fraction of sp³-hybridized carbons (Fsp3) is 0.333. The highest BCUT2D eigenvalue weighted by Gasteiger charge is 2.45. The summed E-state index contributed by atoms with van der Waals surface area (Å²) in [5, 5.41) is 22.3. The molecule has 132 valence electrons. The van der Waals surface area contributed by atoms with Crippen molar-refractivity contribution >= 4 is 5.91 Å². The van der Waals surface area contributed by atoms with Gasteiger partial charge < -0.3 is 15.5 Å². The lowest BCUT2D eigenvalue weighted by Gasteiger charge is -2.47. The predicted octanol–water partition coefficient (Wildman–Crippen LogP) is 2.70. The van der Waals surface area contributed by atoms with E-state index in [0.717, 1.165) is 18.1 Å². The smallest absolute Gasteiger partial charge is 0.255 e. The molecule has 1 aromatic heterocycles. The van der Waals surface area contributed by atoms with Crippen LogP contribution < -0.4 is 5.32 Å². The number of halogens is 2. The van der Waals surface area contributed by atoms with Crippen LogP contribution in [-0.2, 0) is 0 Å². The number of aliphatic hydroxyl groups is 1. The molecule has 0 aliphatic heterocycles. The van der Waals surface area contributed by atoms with Gasteiger partial charge in [-0.2, -0.15) is 0 Å². The lowest BCUT2D eigenvalue weighted by atomic mass is 9.63. The third kappa shape index (κ3) is 3.19. The van der Waals surface area contributed by atoms with Gasteiger partial charge in [-0.1, -0.05) is 6.42 Å². The maximum Gasteiger partial charge on any atom is 0.255 e. The van der Waals surface area contributed by atoms with Crippen LogP contribution in [-0.4, -0.2) is 27.7 Å². The van der Waals surface area contributed by atoms with E-state index in [1.54, 1.807) is 24.5 Å². The van der Waals surface area contributed by atoms with Crippen LogP contribution in [0.3, 0.4) is 0 Å². The second-order valence-electron chi connectivity index (χ2n) is 6.34. The van der Waals surface area contributed by atoms with Crippen molar-refractivity contribution in [1.29, 1.82) is 0 Å². The maximum absolute atomic E-state index is 13.5. The topological polar surface area (TPSA) is 82.5 Å². The molecule has 1 amide bonds. The highest BCUT2D eigenvalue weighted by molar-refractivity contribution is 5.97. The van der Waals surface area contributed by atoms with Crippen molar-refractivity contribution in [3.8, 4) is 5.75 Å². The van der Waals surface area contributed by atoms with Crippen LogP contribution in [0.2, 0.25) is 0 Å². The van der Waals surface area contributed by atoms with Gasteiger partial charge in [0, 0.05) is 23.9 Å². The van der Waals surface area contributed by atoms with Crippen LogP contribution in [0.15, 0.2) is 36.7 Å². The van der Waals surface area contributed by atoms with E-state index in [9.17, 15) is 23.8 Å². The van der Waals surface area contributed by atoms with Crippen molar-refractivity contribution in [3.05, 3.63) is 59.4 Å². The summed E-state index contributed by atoms with van der Waals surface area (Å²) in [6, 6.07) is 4.16. The molecule has 0 spiro atoms. The molecule has 1 aliphatic rings. The van der Waals surface area contributed by atoms with Crippen LogP contribution in [0.1, 0.15) is 41.2 Å². The van der Waals surface area contributed by atoms with Crippen LogP contribution in [0, 0.1) is 17.0 Å². The Morgan fingerprint density at radius 3 is 2.52 bits per heavy atom. The largest absolute Gasteiger partial charge is 0.504 e. The van der Waals surface area contributed by atoms with Crippen molar-refractivity contribution in [1.82, 2.24) is 10.3 Å². The molecule has 1 fully saturated rings. The lowest BCUT2D eigenvalue weighted by Crippen LogP contribution is -2.47. The van der Waals surface area contributed by atoms with Gasteiger partial charge in [0.05, 0.1) is 18.2 Å². The van der Waals surface area contributed by atoms with E-state index in [-0.39, 0.29) is 6.61 Å². The van der Waals surface area contributed by atoms with Crippen molar-refractivity contribution in [2.24, 2.45) is 5.41 Å². The molecule has 2 aromatic rings. The summed E-state index contributed by atoms with van der Waals surface area (Å²) in [6.45, 7) is -0.135. The number of carbonyl (C=O) groups is 1. The third-order valence-electron chi connectivity index (χ3n) is 4.86. The molecular weight excluding hydrogens is 330 g/mol. The minimum Gasteiger partial charge on any atom is -0.504 e. The number of hydrogen-bond acceptors (Lipinski definition) is 4. The van der Waals surface area contributed by atoms with Gasteiger partial charge in [-0.15, -0.1) is 0 Å². The average Bonchev–Trinajstić information content (AvgIpc) is 2.57. The van der Waals surface area contributed by atoms with Gasteiger partial charge in [0.2, 0.25) is 0 Å². The molecule has 5 nitrogen and oxygen atoms in total. The molecule has 1 atom stereocenters. The summed E-state index contributed by atoms with van der Waals surface area (Å²) in [5.74, 6) is -3.87. The molecule has 7 heteroatoms. The Morgan fingerprint density at radius 2 is 1.96 bits per heavy atom. The van der Waals surface area contributed by atoms with Crippen molar-refractivity contribution < 1.29 is 23.8 Å². The highest BCUT2D eigenvalue weighted by atomic mass is 19.1. The molecule has 1 unspecified atom stereocenters. The number of amides is 1. The van der Waals surface area contributed by atoms with Crippen molar-refractivity contribution in [2.45, 2.75) is 25.3 Å². The first-order chi connectivity index (χ1) is 12.0. The van der Waals surface area contributed by atoms with Gasteiger partial charge in [-0.25, -0.2) is 8.78 Å². The van der Waals surface area contributed by atoms with Crippen LogP contribution in [0.4, 0.5) is 8.78 Å². The lowest BCUT2D eigenvalue weighted by molar-refractivity contribution is 0.00593. The highest BCUT2D eigenvalue weighted by Crippen LogP contribution is 2.50. The minimum atomic E-state index is -1.20. The Labute approximate surface area is 143 Å². The Bertz CT molecular complexity index is 774. The fourth-order valence-corrected chi connectivity index (χ4v) is 3.26. The molecule has 1 heterocycles. The molecule has 1 aliphatic carbocycles. The second-order valence-corrected chi connectivity index (χ2v) is 6.34. The first-order valence-electron chi connectivity index (χ1n) is 7.96. The van der Waals surface area contributed by atoms with E-state index in [1.165, 1.54) is 0 Å². The molecule has 0 radical (unpaired) electrons. The number of aliphatic hydroxyl groups excluding tert-OH is 1. The number of phenols is 1. The Hall–Kier alpha value is -2.54. The summed E-state index contributed by atoms with van der Waals surface area (Å²) >= 11 is 0. The van der Waals surface area contributed by atoms with E-state index in [1.807, 2.05) is 0 Å². The zero-order valence-electron chi connectivity index (χ0n) is 13.4. The van der Waals surface area contributed by atoms with Gasteiger partial charge in [0.1, 0.15) is 5.82 Å².